The first kappa shape index (κ1) is 15.1. The normalized spacial score (nSPS) is 10.6. The molecular weight excluding hydrogens is 390 g/mol. The number of nitrogens with zero attached hydrogens (tertiary/aromatic N) is 3. The molecule has 1 aromatic heterocycles. The summed E-state index contributed by atoms with van der Waals surface area (Å²) in [5.74, 6) is -0.321. The molecule has 0 bridgehead atoms. The van der Waals surface area contributed by atoms with E-state index in [1.165, 1.54) is 4.68 Å². The summed E-state index contributed by atoms with van der Waals surface area (Å²) in [6.45, 7) is 2.94. The molecule has 106 valence electrons. The van der Waals surface area contributed by atoms with Gasteiger partial charge in [0.05, 0.1) is 18.4 Å². The molecular formula is C12H13Br2N5O. The number of carbonyl (C=O) groups is 1. The van der Waals surface area contributed by atoms with Crippen molar-refractivity contribution in [3.63, 3.8) is 0 Å². The quantitative estimate of drug-likeness (QED) is 0.821. The van der Waals surface area contributed by atoms with Gasteiger partial charge in [-0.3, -0.25) is 9.48 Å². The van der Waals surface area contributed by atoms with Crippen LogP contribution in [0.25, 0.3) is 0 Å². The van der Waals surface area contributed by atoms with Gasteiger partial charge in [-0.2, -0.15) is 0 Å². The van der Waals surface area contributed by atoms with Crippen molar-refractivity contribution in [1.29, 1.82) is 0 Å². The van der Waals surface area contributed by atoms with Crippen LogP contribution in [0, 0.1) is 6.92 Å². The van der Waals surface area contributed by atoms with Crippen LogP contribution in [-0.2, 0) is 6.54 Å². The minimum atomic E-state index is -0.321. The van der Waals surface area contributed by atoms with Crippen molar-refractivity contribution in [2.45, 2.75) is 13.5 Å². The predicted octanol–water partition coefficient (Wildman–Crippen LogP) is 2.32. The summed E-state index contributed by atoms with van der Waals surface area (Å²) >= 11 is 6.85. The average Bonchev–Trinajstić information content (AvgIpc) is 2.82. The van der Waals surface area contributed by atoms with Gasteiger partial charge < -0.3 is 11.1 Å². The topological polar surface area (TPSA) is 85.8 Å². The summed E-state index contributed by atoms with van der Waals surface area (Å²) in [5.41, 5.74) is 7.41. The third-order valence-corrected chi connectivity index (χ3v) is 3.81. The molecule has 2 rings (SSSR count). The molecule has 1 amide bonds. The molecule has 0 aliphatic heterocycles. The molecule has 20 heavy (non-hydrogen) atoms. The van der Waals surface area contributed by atoms with E-state index in [-0.39, 0.29) is 11.6 Å². The molecule has 0 aliphatic carbocycles. The summed E-state index contributed by atoms with van der Waals surface area (Å²) in [4.78, 5) is 12.1. The van der Waals surface area contributed by atoms with Crippen molar-refractivity contribution in [2.24, 2.45) is 5.73 Å². The van der Waals surface area contributed by atoms with Crippen LogP contribution in [0.1, 0.15) is 16.1 Å². The zero-order chi connectivity index (χ0) is 14.7. The fraction of sp³-hybridized carbons (Fsp3) is 0.250. The Balaban J connectivity index is 2.19. The number of anilines is 1. The van der Waals surface area contributed by atoms with Crippen LogP contribution in [0.2, 0.25) is 0 Å². The van der Waals surface area contributed by atoms with E-state index in [0.717, 1.165) is 14.5 Å². The lowest BCUT2D eigenvalue weighted by Gasteiger charge is -2.09. The van der Waals surface area contributed by atoms with Crippen molar-refractivity contribution in [3.8, 4) is 0 Å². The average molecular weight is 403 g/mol. The summed E-state index contributed by atoms with van der Waals surface area (Å²) in [6, 6.07) is 3.84. The lowest BCUT2D eigenvalue weighted by molar-refractivity contribution is 0.102. The van der Waals surface area contributed by atoms with Gasteiger partial charge in [0.2, 0.25) is 0 Å². The Morgan fingerprint density at radius 1 is 1.40 bits per heavy atom. The maximum Gasteiger partial charge on any atom is 0.277 e. The second-order valence-electron chi connectivity index (χ2n) is 4.21. The van der Waals surface area contributed by atoms with Gasteiger partial charge in [0.1, 0.15) is 0 Å². The summed E-state index contributed by atoms with van der Waals surface area (Å²) in [5, 5.41) is 10.5. The Labute approximate surface area is 133 Å². The molecule has 2 aromatic rings. The highest BCUT2D eigenvalue weighted by Crippen LogP contribution is 2.32. The van der Waals surface area contributed by atoms with E-state index in [1.807, 2.05) is 19.1 Å². The zero-order valence-corrected chi connectivity index (χ0v) is 13.9. The van der Waals surface area contributed by atoms with Gasteiger partial charge in [0.25, 0.3) is 5.91 Å². The number of hydrogen-bond acceptors (Lipinski definition) is 4. The number of nitrogens with two attached hydrogens (primary N) is 1. The van der Waals surface area contributed by atoms with Crippen LogP contribution < -0.4 is 11.1 Å². The molecule has 0 radical (unpaired) electrons. The smallest absolute Gasteiger partial charge is 0.277 e. The van der Waals surface area contributed by atoms with Crippen LogP contribution >= 0.6 is 31.9 Å². The van der Waals surface area contributed by atoms with Crippen molar-refractivity contribution in [1.82, 2.24) is 15.0 Å². The van der Waals surface area contributed by atoms with Crippen LogP contribution in [0.5, 0.6) is 0 Å². The van der Waals surface area contributed by atoms with Crippen molar-refractivity contribution < 1.29 is 4.79 Å². The Kier molecular flexibility index (Phi) is 4.90. The Hall–Kier alpha value is -1.25. The van der Waals surface area contributed by atoms with Gasteiger partial charge in [-0.25, -0.2) is 0 Å². The molecule has 0 fully saturated rings. The van der Waals surface area contributed by atoms with E-state index in [9.17, 15) is 4.79 Å². The molecule has 0 unspecified atom stereocenters. The third kappa shape index (κ3) is 3.44. The second-order valence-corrected chi connectivity index (χ2v) is 5.92. The Morgan fingerprint density at radius 2 is 2.05 bits per heavy atom. The van der Waals surface area contributed by atoms with Gasteiger partial charge in [0, 0.05) is 15.5 Å². The number of aryl methyl sites for hydroxylation is 1. The molecule has 3 N–H and O–H groups in total. The number of halogens is 2. The number of hydrogen-bond donors (Lipinski definition) is 2. The van der Waals surface area contributed by atoms with Crippen molar-refractivity contribution in [2.75, 3.05) is 11.9 Å². The van der Waals surface area contributed by atoms with Gasteiger partial charge >= 0.3 is 0 Å². The molecule has 0 saturated carbocycles. The van der Waals surface area contributed by atoms with Gasteiger partial charge in [-0.1, -0.05) is 5.21 Å². The zero-order valence-electron chi connectivity index (χ0n) is 10.7. The minimum absolute atomic E-state index is 0.248. The molecule has 0 spiro atoms. The maximum absolute atomic E-state index is 12.1. The number of rotatable bonds is 4. The fourth-order valence-electron chi connectivity index (χ4n) is 1.64. The van der Waals surface area contributed by atoms with E-state index >= 15 is 0 Å². The monoisotopic (exact) mass is 401 g/mol. The molecule has 1 heterocycles. The highest BCUT2D eigenvalue weighted by atomic mass is 79.9. The first-order valence-electron chi connectivity index (χ1n) is 5.88. The van der Waals surface area contributed by atoms with E-state index in [2.05, 4.69) is 47.5 Å². The van der Waals surface area contributed by atoms with Gasteiger partial charge in [-0.05, 0) is 56.5 Å². The van der Waals surface area contributed by atoms with Gasteiger partial charge in [0.15, 0.2) is 5.69 Å². The first-order chi connectivity index (χ1) is 9.51. The molecule has 0 atom stereocenters. The van der Waals surface area contributed by atoms with Crippen LogP contribution in [0.15, 0.2) is 27.3 Å². The Morgan fingerprint density at radius 3 is 2.65 bits per heavy atom. The molecule has 1 aromatic carbocycles. The van der Waals surface area contributed by atoms with E-state index in [0.29, 0.717) is 18.8 Å². The number of nitrogens with one attached hydrogen (secondary N) is 1. The third-order valence-electron chi connectivity index (χ3n) is 2.55. The maximum atomic E-state index is 12.1. The SMILES string of the molecule is Cc1cc(Br)c(NC(=O)c2cn(CCN)nn2)c(Br)c1. The summed E-state index contributed by atoms with van der Waals surface area (Å²) in [6.07, 6.45) is 1.57. The minimum Gasteiger partial charge on any atom is -0.329 e. The lowest BCUT2D eigenvalue weighted by Crippen LogP contribution is -2.13. The molecule has 8 heteroatoms. The molecule has 6 nitrogen and oxygen atoms in total. The summed E-state index contributed by atoms with van der Waals surface area (Å²) < 4.78 is 3.13. The standard InChI is InChI=1S/C12H13Br2N5O/c1-7-4-8(13)11(9(14)5-7)16-12(20)10-6-19(3-2-15)18-17-10/h4-6H,2-3,15H2,1H3,(H,16,20). The fourth-order valence-corrected chi connectivity index (χ4v) is 3.25. The van der Waals surface area contributed by atoms with Crippen LogP contribution in [0.3, 0.4) is 0 Å². The van der Waals surface area contributed by atoms with E-state index in [4.69, 9.17) is 5.73 Å². The number of carbonyl (C=O) groups excluding carboxylic acids is 1. The van der Waals surface area contributed by atoms with E-state index in [1.54, 1.807) is 6.20 Å². The number of aromatic nitrogens is 3. The summed E-state index contributed by atoms with van der Waals surface area (Å²) in [7, 11) is 0. The first-order valence-corrected chi connectivity index (χ1v) is 7.47. The van der Waals surface area contributed by atoms with Crippen LogP contribution in [-0.4, -0.2) is 27.4 Å². The number of amides is 1. The largest absolute Gasteiger partial charge is 0.329 e. The van der Waals surface area contributed by atoms with E-state index < -0.39 is 0 Å². The predicted molar refractivity (Wildman–Crippen MR) is 83.6 cm³/mol. The highest BCUT2D eigenvalue weighted by molar-refractivity contribution is 9.11. The number of benzene rings is 1. The van der Waals surface area contributed by atoms with Crippen LogP contribution in [0.4, 0.5) is 5.69 Å². The van der Waals surface area contributed by atoms with Gasteiger partial charge in [-0.15, -0.1) is 5.10 Å². The van der Waals surface area contributed by atoms with Crippen molar-refractivity contribution in [3.05, 3.63) is 38.5 Å². The second kappa shape index (κ2) is 6.47. The Bertz CT molecular complexity index is 618. The molecule has 0 saturated heterocycles. The van der Waals surface area contributed by atoms with Crippen molar-refractivity contribution >= 4 is 43.5 Å². The molecule has 0 aliphatic rings. The lowest BCUT2D eigenvalue weighted by atomic mass is 10.2. The highest BCUT2D eigenvalue weighted by Gasteiger charge is 2.14.